The van der Waals surface area contributed by atoms with Crippen molar-refractivity contribution in [2.24, 2.45) is 0 Å². The van der Waals surface area contributed by atoms with E-state index < -0.39 is 0 Å². The second-order valence-corrected chi connectivity index (χ2v) is 5.60. The predicted octanol–water partition coefficient (Wildman–Crippen LogP) is 1.92. The number of halogens is 1. The van der Waals surface area contributed by atoms with Crippen molar-refractivity contribution in [3.63, 3.8) is 0 Å². The Morgan fingerprint density at radius 3 is 3.16 bits per heavy atom. The molecule has 0 bridgehead atoms. The minimum Gasteiger partial charge on any atom is -0.377 e. The molecule has 2 fully saturated rings. The molecule has 1 aromatic heterocycles. The highest BCUT2D eigenvalue weighted by molar-refractivity contribution is 6.29. The summed E-state index contributed by atoms with van der Waals surface area (Å²) < 4.78 is 5.06. The fraction of sp³-hybridized carbons (Fsp3) is 0.692. The number of ether oxygens (including phenoxy) is 1. The summed E-state index contributed by atoms with van der Waals surface area (Å²) in [4.78, 5) is 11.2. The smallest absolute Gasteiger partial charge is 0.158 e. The first-order valence-corrected chi connectivity index (χ1v) is 7.17. The van der Waals surface area contributed by atoms with E-state index in [-0.39, 0.29) is 0 Å². The van der Waals surface area contributed by atoms with E-state index in [0.29, 0.717) is 29.7 Å². The van der Waals surface area contributed by atoms with E-state index in [1.54, 1.807) is 13.2 Å². The summed E-state index contributed by atoms with van der Waals surface area (Å²) >= 11 is 6.03. The largest absolute Gasteiger partial charge is 0.377 e. The average molecular weight is 283 g/mol. The molecule has 0 amide bonds. The van der Waals surface area contributed by atoms with Crippen molar-refractivity contribution in [2.45, 2.75) is 38.0 Å². The van der Waals surface area contributed by atoms with Gasteiger partial charge in [0, 0.05) is 31.8 Å². The van der Waals surface area contributed by atoms with E-state index in [4.69, 9.17) is 16.3 Å². The van der Waals surface area contributed by atoms with Gasteiger partial charge in [-0.3, -0.25) is 4.90 Å². The molecule has 3 heterocycles. The number of nitrogens with one attached hydrogen (secondary N) is 1. The molecule has 0 aromatic carbocycles. The first-order chi connectivity index (χ1) is 9.26. The lowest BCUT2D eigenvalue weighted by Gasteiger charge is -2.21. The fourth-order valence-electron chi connectivity index (χ4n) is 3.17. The molecular weight excluding hydrogens is 264 g/mol. The number of hydrogen-bond acceptors (Lipinski definition) is 5. The van der Waals surface area contributed by atoms with Gasteiger partial charge in [-0.1, -0.05) is 11.6 Å². The van der Waals surface area contributed by atoms with Crippen LogP contribution in [-0.4, -0.2) is 47.2 Å². The van der Waals surface area contributed by atoms with Crippen LogP contribution in [-0.2, 0) is 11.3 Å². The molecule has 19 heavy (non-hydrogen) atoms. The molecule has 0 saturated carbocycles. The number of methoxy groups -OCH3 is 1. The van der Waals surface area contributed by atoms with Crippen molar-refractivity contribution in [1.82, 2.24) is 14.9 Å². The maximum Gasteiger partial charge on any atom is 0.158 e. The minimum absolute atomic E-state index is 0.384. The van der Waals surface area contributed by atoms with Gasteiger partial charge in [0.15, 0.2) is 5.82 Å². The third-order valence-corrected chi connectivity index (χ3v) is 4.15. The van der Waals surface area contributed by atoms with E-state index in [0.717, 1.165) is 5.82 Å². The van der Waals surface area contributed by atoms with Gasteiger partial charge in [0.1, 0.15) is 17.6 Å². The van der Waals surface area contributed by atoms with Gasteiger partial charge in [-0.2, -0.15) is 0 Å². The number of nitrogens with zero attached hydrogens (tertiary/aromatic N) is 3. The second kappa shape index (κ2) is 5.61. The van der Waals surface area contributed by atoms with Gasteiger partial charge < -0.3 is 10.1 Å². The van der Waals surface area contributed by atoms with Gasteiger partial charge in [0.05, 0.1) is 0 Å². The van der Waals surface area contributed by atoms with Gasteiger partial charge in [-0.25, -0.2) is 9.97 Å². The number of rotatable bonds is 4. The molecule has 6 heteroatoms. The Bertz CT molecular complexity index is 456. The maximum absolute atomic E-state index is 6.03. The Labute approximate surface area is 118 Å². The van der Waals surface area contributed by atoms with Crippen LogP contribution in [0.2, 0.25) is 5.15 Å². The molecule has 2 aliphatic heterocycles. The van der Waals surface area contributed by atoms with E-state index in [1.807, 2.05) is 0 Å². The minimum atomic E-state index is 0.384. The predicted molar refractivity (Wildman–Crippen MR) is 74.4 cm³/mol. The molecule has 1 N–H and O–H groups in total. The molecule has 0 radical (unpaired) electrons. The van der Waals surface area contributed by atoms with Crippen molar-refractivity contribution >= 4 is 17.4 Å². The number of fused-ring (bicyclic) bond motifs is 1. The Morgan fingerprint density at radius 1 is 1.42 bits per heavy atom. The molecule has 1 aromatic rings. The van der Waals surface area contributed by atoms with Crippen LogP contribution in [0, 0.1) is 0 Å². The fourth-order valence-corrected chi connectivity index (χ4v) is 3.37. The third kappa shape index (κ3) is 2.83. The average Bonchev–Trinajstić information content (AvgIpc) is 2.94. The summed E-state index contributed by atoms with van der Waals surface area (Å²) in [5.74, 6) is 1.43. The standard InChI is InChI=1S/C13H19ClN4O/c1-19-8-13-16-11(14)7-12(17-13)15-9-4-6-18-5-2-3-10(9)18/h7,9-10H,2-6,8H2,1H3,(H,15,16,17). The molecule has 2 unspecified atom stereocenters. The first kappa shape index (κ1) is 13.1. The highest BCUT2D eigenvalue weighted by Gasteiger charge is 2.37. The molecule has 5 nitrogen and oxygen atoms in total. The molecule has 2 atom stereocenters. The van der Waals surface area contributed by atoms with Gasteiger partial charge >= 0.3 is 0 Å². The Morgan fingerprint density at radius 2 is 2.32 bits per heavy atom. The summed E-state index contributed by atoms with van der Waals surface area (Å²) in [5.41, 5.74) is 0. The van der Waals surface area contributed by atoms with Gasteiger partial charge in [-0.15, -0.1) is 0 Å². The lowest BCUT2D eigenvalue weighted by atomic mass is 10.1. The number of aromatic nitrogens is 2. The summed E-state index contributed by atoms with van der Waals surface area (Å²) in [6.07, 6.45) is 3.76. The summed E-state index contributed by atoms with van der Waals surface area (Å²) in [6, 6.07) is 2.92. The summed E-state index contributed by atoms with van der Waals surface area (Å²) in [6.45, 7) is 2.81. The van der Waals surface area contributed by atoms with E-state index in [2.05, 4.69) is 20.2 Å². The van der Waals surface area contributed by atoms with Crippen molar-refractivity contribution in [2.75, 3.05) is 25.5 Å². The lowest BCUT2D eigenvalue weighted by molar-refractivity contribution is 0.178. The highest BCUT2D eigenvalue weighted by Crippen LogP contribution is 2.30. The van der Waals surface area contributed by atoms with Crippen molar-refractivity contribution < 1.29 is 4.74 Å². The Balaban J connectivity index is 1.72. The van der Waals surface area contributed by atoms with Crippen LogP contribution in [0.4, 0.5) is 5.82 Å². The van der Waals surface area contributed by atoms with E-state index >= 15 is 0 Å². The highest BCUT2D eigenvalue weighted by atomic mass is 35.5. The van der Waals surface area contributed by atoms with Crippen LogP contribution in [0.3, 0.4) is 0 Å². The quantitative estimate of drug-likeness (QED) is 0.855. The maximum atomic E-state index is 6.03. The van der Waals surface area contributed by atoms with Crippen molar-refractivity contribution in [3.8, 4) is 0 Å². The van der Waals surface area contributed by atoms with Crippen LogP contribution in [0.25, 0.3) is 0 Å². The zero-order valence-electron chi connectivity index (χ0n) is 11.1. The SMILES string of the molecule is COCc1nc(Cl)cc(NC2CCN3CCCC23)n1. The van der Waals surface area contributed by atoms with E-state index in [1.165, 1.54) is 32.4 Å². The normalized spacial score (nSPS) is 26.6. The van der Waals surface area contributed by atoms with Crippen LogP contribution >= 0.6 is 11.6 Å². The molecule has 0 aliphatic carbocycles. The Kier molecular flexibility index (Phi) is 3.86. The molecule has 2 saturated heterocycles. The topological polar surface area (TPSA) is 50.3 Å². The first-order valence-electron chi connectivity index (χ1n) is 6.79. The van der Waals surface area contributed by atoms with Crippen LogP contribution < -0.4 is 5.32 Å². The zero-order valence-corrected chi connectivity index (χ0v) is 11.9. The van der Waals surface area contributed by atoms with Crippen molar-refractivity contribution in [1.29, 1.82) is 0 Å². The lowest BCUT2D eigenvalue weighted by Crippen LogP contribution is -2.34. The van der Waals surface area contributed by atoms with E-state index in [9.17, 15) is 0 Å². The molecular formula is C13H19ClN4O. The summed E-state index contributed by atoms with van der Waals surface area (Å²) in [5, 5.41) is 3.98. The number of anilines is 1. The van der Waals surface area contributed by atoms with Crippen LogP contribution in [0.15, 0.2) is 6.07 Å². The zero-order chi connectivity index (χ0) is 13.2. The van der Waals surface area contributed by atoms with Gasteiger partial charge in [-0.05, 0) is 25.8 Å². The summed E-state index contributed by atoms with van der Waals surface area (Å²) in [7, 11) is 1.63. The molecule has 3 rings (SSSR count). The Hall–Kier alpha value is -0.910. The molecule has 0 spiro atoms. The molecule has 104 valence electrons. The monoisotopic (exact) mass is 282 g/mol. The van der Waals surface area contributed by atoms with Crippen molar-refractivity contribution in [3.05, 3.63) is 17.0 Å². The third-order valence-electron chi connectivity index (χ3n) is 3.95. The van der Waals surface area contributed by atoms with Crippen LogP contribution in [0.1, 0.15) is 25.1 Å². The molecule has 2 aliphatic rings. The number of hydrogen-bond donors (Lipinski definition) is 1. The second-order valence-electron chi connectivity index (χ2n) is 5.21. The van der Waals surface area contributed by atoms with Crippen LogP contribution in [0.5, 0.6) is 0 Å². The van der Waals surface area contributed by atoms with Gasteiger partial charge in [0.25, 0.3) is 0 Å². The van der Waals surface area contributed by atoms with Gasteiger partial charge in [0.2, 0.25) is 0 Å².